The van der Waals surface area contributed by atoms with Gasteiger partial charge in [0.1, 0.15) is 12.2 Å². The predicted molar refractivity (Wildman–Crippen MR) is 145 cm³/mol. The smallest absolute Gasteiger partial charge is 0.322 e. The van der Waals surface area contributed by atoms with E-state index in [4.69, 9.17) is 14.6 Å². The van der Waals surface area contributed by atoms with Gasteiger partial charge in [0.25, 0.3) is 11.8 Å². The largest absolute Gasteiger partial charge is 0.493 e. The Hall–Kier alpha value is -4.31. The second kappa shape index (κ2) is 12.8. The van der Waals surface area contributed by atoms with Crippen molar-refractivity contribution in [2.45, 2.75) is 0 Å². The van der Waals surface area contributed by atoms with Crippen LogP contribution in [0.1, 0.15) is 20.8 Å². The number of ether oxygens (including phenoxy) is 2. The molecule has 10 nitrogen and oxygen atoms in total. The van der Waals surface area contributed by atoms with Gasteiger partial charge in [0, 0.05) is 43.0 Å². The number of pyridine rings is 1. The molecule has 2 amide bonds. The zero-order chi connectivity index (χ0) is 26.4. The van der Waals surface area contributed by atoms with Crippen LogP contribution in [0.2, 0.25) is 0 Å². The number of hydrogen-bond donors (Lipinski definition) is 2. The Morgan fingerprint density at radius 1 is 0.921 bits per heavy atom. The molecule has 0 bridgehead atoms. The van der Waals surface area contributed by atoms with Gasteiger partial charge in [0.15, 0.2) is 11.5 Å². The summed E-state index contributed by atoms with van der Waals surface area (Å²) in [7, 11) is 3.15. The van der Waals surface area contributed by atoms with E-state index in [1.165, 1.54) is 0 Å². The zero-order valence-corrected chi connectivity index (χ0v) is 21.9. The van der Waals surface area contributed by atoms with Gasteiger partial charge >= 0.3 is 5.97 Å². The Morgan fingerprint density at radius 3 is 2.24 bits per heavy atom. The summed E-state index contributed by atoms with van der Waals surface area (Å²) in [5.74, 6) is -0.462. The molecule has 200 valence electrons. The molecule has 0 saturated carbocycles. The topological polar surface area (TPSA) is 121 Å². The molecule has 2 aromatic carbocycles. The average Bonchev–Trinajstić information content (AvgIpc) is 2.95. The molecule has 1 aromatic heterocycles. The molecule has 11 heteroatoms. The van der Waals surface area contributed by atoms with Gasteiger partial charge in [0.05, 0.1) is 19.9 Å². The second-order valence-corrected chi connectivity index (χ2v) is 8.38. The van der Waals surface area contributed by atoms with Crippen LogP contribution in [0.3, 0.4) is 0 Å². The van der Waals surface area contributed by atoms with Gasteiger partial charge in [-0.15, -0.1) is 12.4 Å². The minimum absolute atomic E-state index is 0. The lowest BCUT2D eigenvalue weighted by Gasteiger charge is -2.36. The average molecular weight is 541 g/mol. The van der Waals surface area contributed by atoms with Crippen molar-refractivity contribution in [1.29, 1.82) is 0 Å². The van der Waals surface area contributed by atoms with E-state index >= 15 is 0 Å². The minimum Gasteiger partial charge on any atom is -0.493 e. The number of nitrogens with one attached hydrogen (secondary N) is 1. The molecule has 0 atom stereocenters. The number of hydrogen-bond acceptors (Lipinski definition) is 7. The van der Waals surface area contributed by atoms with Crippen molar-refractivity contribution in [1.82, 2.24) is 15.2 Å². The highest BCUT2D eigenvalue weighted by molar-refractivity contribution is 5.96. The number of carbonyl (C=O) groups is 3. The highest BCUT2D eigenvalue weighted by Gasteiger charge is 2.24. The molecule has 0 spiro atoms. The SMILES string of the molecule is COc1ccc(-c2cccc(C(=O)N3CCN(c4ccc(C(=O)NCC(=O)O)cc4)CC3)n2)cc1OC.Cl. The second-order valence-electron chi connectivity index (χ2n) is 8.38. The van der Waals surface area contributed by atoms with Gasteiger partial charge in [0.2, 0.25) is 0 Å². The summed E-state index contributed by atoms with van der Waals surface area (Å²) in [6.45, 7) is 1.89. The summed E-state index contributed by atoms with van der Waals surface area (Å²) in [6.07, 6.45) is 0. The summed E-state index contributed by atoms with van der Waals surface area (Å²) in [6, 6.07) is 17.8. The molecule has 0 unspecified atom stereocenters. The number of halogens is 1. The number of anilines is 1. The number of carbonyl (C=O) groups excluding carboxylic acids is 2. The maximum Gasteiger partial charge on any atom is 0.322 e. The van der Waals surface area contributed by atoms with Gasteiger partial charge in [-0.3, -0.25) is 14.4 Å². The number of amides is 2. The van der Waals surface area contributed by atoms with Crippen LogP contribution >= 0.6 is 12.4 Å². The van der Waals surface area contributed by atoms with Crippen LogP contribution in [0.4, 0.5) is 5.69 Å². The van der Waals surface area contributed by atoms with Gasteiger partial charge in [-0.1, -0.05) is 6.07 Å². The third kappa shape index (κ3) is 6.51. The van der Waals surface area contributed by atoms with E-state index in [0.717, 1.165) is 11.3 Å². The fourth-order valence-corrected chi connectivity index (χ4v) is 4.12. The van der Waals surface area contributed by atoms with Gasteiger partial charge in [-0.25, -0.2) is 4.98 Å². The highest BCUT2D eigenvalue weighted by atomic mass is 35.5. The standard InChI is InChI=1S/C27H28N4O6.ClH/c1-36-23-11-8-19(16-24(23)37-2)21-4-3-5-22(29-21)27(35)31-14-12-30(13-15-31)20-9-6-18(7-10-20)26(34)28-17-25(32)33;/h3-11,16H,12-15,17H2,1-2H3,(H,28,34)(H,32,33);1H. The number of piperazine rings is 1. The number of benzene rings is 2. The molecule has 0 radical (unpaired) electrons. The molecule has 0 aliphatic carbocycles. The Morgan fingerprint density at radius 2 is 1.61 bits per heavy atom. The van der Waals surface area contributed by atoms with Crippen LogP contribution < -0.4 is 19.7 Å². The third-order valence-corrected chi connectivity index (χ3v) is 6.11. The number of carboxylic acids is 1. The lowest BCUT2D eigenvalue weighted by Crippen LogP contribution is -2.49. The Balaban J connectivity index is 0.00000400. The molecule has 1 aliphatic heterocycles. The Labute approximate surface area is 226 Å². The van der Waals surface area contributed by atoms with E-state index in [-0.39, 0.29) is 18.3 Å². The van der Waals surface area contributed by atoms with E-state index in [1.807, 2.05) is 36.4 Å². The van der Waals surface area contributed by atoms with E-state index in [0.29, 0.717) is 54.6 Å². The summed E-state index contributed by atoms with van der Waals surface area (Å²) < 4.78 is 10.7. The van der Waals surface area contributed by atoms with E-state index in [1.54, 1.807) is 43.4 Å². The first-order valence-electron chi connectivity index (χ1n) is 11.7. The van der Waals surface area contributed by atoms with Gasteiger partial charge < -0.3 is 29.7 Å². The molecule has 2 heterocycles. The van der Waals surface area contributed by atoms with Crippen molar-refractivity contribution in [3.8, 4) is 22.8 Å². The lowest BCUT2D eigenvalue weighted by atomic mass is 10.1. The number of aromatic nitrogens is 1. The van der Waals surface area contributed by atoms with Crippen molar-refractivity contribution >= 4 is 35.9 Å². The first-order chi connectivity index (χ1) is 17.9. The fraction of sp³-hybridized carbons (Fsp3) is 0.259. The fourth-order valence-electron chi connectivity index (χ4n) is 4.12. The van der Waals surface area contributed by atoms with Crippen molar-refractivity contribution in [3.05, 3.63) is 71.9 Å². The Kier molecular flexibility index (Phi) is 9.50. The number of aliphatic carboxylic acids is 1. The molecule has 2 N–H and O–H groups in total. The number of nitrogens with zero attached hydrogens (tertiary/aromatic N) is 3. The molecule has 1 fully saturated rings. The first kappa shape index (κ1) is 28.3. The number of rotatable bonds is 8. The quantitative estimate of drug-likeness (QED) is 0.447. The molecular formula is C27H29ClN4O6. The maximum atomic E-state index is 13.2. The highest BCUT2D eigenvalue weighted by Crippen LogP contribution is 2.31. The third-order valence-electron chi connectivity index (χ3n) is 6.11. The van der Waals surface area contributed by atoms with E-state index < -0.39 is 18.4 Å². The minimum atomic E-state index is -1.10. The van der Waals surface area contributed by atoms with Crippen LogP contribution in [-0.2, 0) is 4.79 Å². The zero-order valence-electron chi connectivity index (χ0n) is 21.0. The van der Waals surface area contributed by atoms with E-state index in [2.05, 4.69) is 15.2 Å². The summed E-state index contributed by atoms with van der Waals surface area (Å²) in [5.41, 5.74) is 3.17. The molecular weight excluding hydrogens is 512 g/mol. The van der Waals surface area contributed by atoms with Crippen LogP contribution in [0.25, 0.3) is 11.3 Å². The van der Waals surface area contributed by atoms with Crippen LogP contribution in [0.5, 0.6) is 11.5 Å². The van der Waals surface area contributed by atoms with Crippen LogP contribution in [0.15, 0.2) is 60.7 Å². The Bertz CT molecular complexity index is 1290. The summed E-state index contributed by atoms with van der Waals surface area (Å²) >= 11 is 0. The first-order valence-corrected chi connectivity index (χ1v) is 11.7. The molecule has 1 aliphatic rings. The number of methoxy groups -OCH3 is 2. The van der Waals surface area contributed by atoms with Gasteiger partial charge in [-0.2, -0.15) is 0 Å². The monoisotopic (exact) mass is 540 g/mol. The van der Waals surface area contributed by atoms with Crippen molar-refractivity contribution in [2.75, 3.05) is 51.8 Å². The summed E-state index contributed by atoms with van der Waals surface area (Å²) in [4.78, 5) is 44.4. The van der Waals surface area contributed by atoms with Crippen molar-refractivity contribution in [2.24, 2.45) is 0 Å². The summed E-state index contributed by atoms with van der Waals surface area (Å²) in [5, 5.41) is 11.0. The van der Waals surface area contributed by atoms with Gasteiger partial charge in [-0.05, 0) is 54.6 Å². The normalized spacial score (nSPS) is 12.8. The lowest BCUT2D eigenvalue weighted by molar-refractivity contribution is -0.135. The van der Waals surface area contributed by atoms with Crippen molar-refractivity contribution < 1.29 is 29.0 Å². The molecule has 38 heavy (non-hydrogen) atoms. The number of carboxylic acid groups (broad SMARTS) is 1. The van der Waals surface area contributed by atoms with Crippen LogP contribution in [-0.4, -0.2) is 79.7 Å². The van der Waals surface area contributed by atoms with Crippen molar-refractivity contribution in [3.63, 3.8) is 0 Å². The van der Waals surface area contributed by atoms with Crippen LogP contribution in [0, 0.1) is 0 Å². The molecule has 1 saturated heterocycles. The molecule has 4 rings (SSSR count). The van der Waals surface area contributed by atoms with E-state index in [9.17, 15) is 14.4 Å². The maximum absolute atomic E-state index is 13.2. The predicted octanol–water partition coefficient (Wildman–Crippen LogP) is 2.96. The molecule has 3 aromatic rings.